The molecule has 0 unspecified atom stereocenters. The maximum atomic E-state index is 12.0. The van der Waals surface area contributed by atoms with Gasteiger partial charge in [-0.1, -0.05) is 6.92 Å². The van der Waals surface area contributed by atoms with Gasteiger partial charge in [-0.15, -0.1) is 11.3 Å². The van der Waals surface area contributed by atoms with Crippen molar-refractivity contribution in [3.8, 4) is 0 Å². The third-order valence-corrected chi connectivity index (χ3v) is 3.46. The summed E-state index contributed by atoms with van der Waals surface area (Å²) >= 11 is 1.46. The zero-order valence-electron chi connectivity index (χ0n) is 10.2. The van der Waals surface area contributed by atoms with Gasteiger partial charge in [0.15, 0.2) is 5.13 Å². The lowest BCUT2D eigenvalue weighted by Gasteiger charge is -2.03. The Hall–Kier alpha value is -1.95. The molecule has 0 aliphatic heterocycles. The Morgan fingerprint density at radius 2 is 2.33 bits per heavy atom. The van der Waals surface area contributed by atoms with E-state index in [4.69, 9.17) is 5.73 Å². The number of amides is 1. The van der Waals surface area contributed by atoms with Crippen molar-refractivity contribution in [2.75, 3.05) is 11.1 Å². The summed E-state index contributed by atoms with van der Waals surface area (Å²) in [7, 11) is 0. The van der Waals surface area contributed by atoms with Crippen molar-refractivity contribution in [2.45, 2.75) is 20.3 Å². The maximum absolute atomic E-state index is 12.0. The number of nitrogens with two attached hydrogens (primary N) is 1. The Kier molecular flexibility index (Phi) is 3.57. The highest BCUT2D eigenvalue weighted by molar-refractivity contribution is 7.15. The van der Waals surface area contributed by atoms with E-state index in [1.54, 1.807) is 18.3 Å². The lowest BCUT2D eigenvalue weighted by molar-refractivity contribution is 0.102. The van der Waals surface area contributed by atoms with Gasteiger partial charge in [-0.05, 0) is 25.5 Å². The first-order chi connectivity index (χ1) is 8.61. The predicted molar refractivity (Wildman–Crippen MR) is 72.8 cm³/mol. The van der Waals surface area contributed by atoms with Crippen molar-refractivity contribution >= 4 is 28.2 Å². The second kappa shape index (κ2) is 5.14. The lowest BCUT2D eigenvalue weighted by Crippen LogP contribution is -2.14. The van der Waals surface area contributed by atoms with Gasteiger partial charge in [-0.2, -0.15) is 0 Å². The number of rotatable bonds is 3. The molecular formula is C12H14N4OS. The van der Waals surface area contributed by atoms with Crippen molar-refractivity contribution in [2.24, 2.45) is 0 Å². The second-order valence-corrected chi connectivity index (χ2v) is 4.97. The molecule has 0 atom stereocenters. The first-order valence-electron chi connectivity index (χ1n) is 5.60. The number of carbonyl (C=O) groups excluding carboxylic acids is 1. The predicted octanol–water partition coefficient (Wildman–Crippen LogP) is 2.24. The number of nitrogens with one attached hydrogen (secondary N) is 1. The van der Waals surface area contributed by atoms with Crippen LogP contribution < -0.4 is 11.1 Å². The van der Waals surface area contributed by atoms with E-state index in [-0.39, 0.29) is 11.7 Å². The number of nitrogens with zero attached hydrogens (tertiary/aromatic N) is 2. The number of aryl methyl sites for hydroxylation is 2. The molecule has 0 saturated heterocycles. The van der Waals surface area contributed by atoms with Crippen LogP contribution in [-0.2, 0) is 6.42 Å². The van der Waals surface area contributed by atoms with Gasteiger partial charge >= 0.3 is 0 Å². The van der Waals surface area contributed by atoms with Gasteiger partial charge in [0.2, 0.25) is 0 Å². The molecule has 6 heteroatoms. The number of hydrogen-bond donors (Lipinski definition) is 2. The smallest absolute Gasteiger partial charge is 0.261 e. The number of pyridine rings is 1. The van der Waals surface area contributed by atoms with Gasteiger partial charge in [0, 0.05) is 11.1 Å². The molecule has 18 heavy (non-hydrogen) atoms. The molecule has 3 N–H and O–H groups in total. The van der Waals surface area contributed by atoms with Gasteiger partial charge in [0.05, 0.1) is 11.3 Å². The molecule has 0 saturated carbocycles. The molecule has 0 fully saturated rings. The van der Waals surface area contributed by atoms with E-state index in [0.717, 1.165) is 17.0 Å². The van der Waals surface area contributed by atoms with Crippen LogP contribution in [0.3, 0.4) is 0 Å². The molecule has 2 aromatic heterocycles. The molecule has 2 aromatic rings. The largest absolute Gasteiger partial charge is 0.383 e. The van der Waals surface area contributed by atoms with Gasteiger partial charge in [0.25, 0.3) is 5.91 Å². The second-order valence-electron chi connectivity index (χ2n) is 3.77. The van der Waals surface area contributed by atoms with Crippen molar-refractivity contribution in [3.05, 3.63) is 34.5 Å². The number of aromatic nitrogens is 2. The lowest BCUT2D eigenvalue weighted by atomic mass is 10.2. The highest BCUT2D eigenvalue weighted by Crippen LogP contribution is 2.23. The number of carbonyl (C=O) groups is 1. The van der Waals surface area contributed by atoms with Crippen LogP contribution in [0.1, 0.15) is 27.9 Å². The normalized spacial score (nSPS) is 10.3. The van der Waals surface area contributed by atoms with Crippen LogP contribution in [-0.4, -0.2) is 15.9 Å². The first-order valence-corrected chi connectivity index (χ1v) is 6.41. The molecular weight excluding hydrogens is 248 g/mol. The number of anilines is 2. The van der Waals surface area contributed by atoms with E-state index in [1.807, 2.05) is 13.8 Å². The molecule has 2 rings (SSSR count). The summed E-state index contributed by atoms with van der Waals surface area (Å²) in [6.07, 6.45) is 2.40. The fraction of sp³-hybridized carbons (Fsp3) is 0.250. The summed E-state index contributed by atoms with van der Waals surface area (Å²) in [6, 6.07) is 3.31. The summed E-state index contributed by atoms with van der Waals surface area (Å²) in [5, 5.41) is 3.34. The average molecular weight is 262 g/mol. The fourth-order valence-electron chi connectivity index (χ4n) is 1.58. The third kappa shape index (κ3) is 2.48. The number of hydrogen-bond acceptors (Lipinski definition) is 5. The molecule has 0 aliphatic carbocycles. The highest BCUT2D eigenvalue weighted by atomic mass is 32.1. The zero-order chi connectivity index (χ0) is 13.1. The first kappa shape index (κ1) is 12.5. The van der Waals surface area contributed by atoms with Gasteiger partial charge in [-0.25, -0.2) is 9.97 Å². The van der Waals surface area contributed by atoms with Crippen LogP contribution in [0.2, 0.25) is 0 Å². The summed E-state index contributed by atoms with van der Waals surface area (Å²) in [5.41, 5.74) is 7.02. The quantitative estimate of drug-likeness (QED) is 0.889. The van der Waals surface area contributed by atoms with Crippen LogP contribution in [0.25, 0.3) is 0 Å². The maximum Gasteiger partial charge on any atom is 0.261 e. The van der Waals surface area contributed by atoms with Crippen molar-refractivity contribution in [3.63, 3.8) is 0 Å². The van der Waals surface area contributed by atoms with E-state index < -0.39 is 0 Å². The fourth-order valence-corrected chi connectivity index (χ4v) is 2.48. The molecule has 5 nitrogen and oxygen atoms in total. The third-order valence-electron chi connectivity index (χ3n) is 2.53. The topological polar surface area (TPSA) is 80.9 Å². The molecule has 0 aliphatic rings. The summed E-state index contributed by atoms with van der Waals surface area (Å²) < 4.78 is 0. The molecule has 94 valence electrons. The van der Waals surface area contributed by atoms with Crippen molar-refractivity contribution in [1.82, 2.24) is 9.97 Å². The number of thiazole rings is 1. The molecule has 0 radical (unpaired) electrons. The molecule has 0 bridgehead atoms. The number of nitrogen functional groups attached to an aromatic ring is 1. The molecule has 2 heterocycles. The Morgan fingerprint density at radius 3 is 2.94 bits per heavy atom. The summed E-state index contributed by atoms with van der Waals surface area (Å²) in [4.78, 5) is 21.3. The molecule has 0 spiro atoms. The highest BCUT2D eigenvalue weighted by Gasteiger charge is 2.13. The minimum atomic E-state index is -0.281. The molecule has 1 amide bonds. The van der Waals surface area contributed by atoms with Crippen molar-refractivity contribution < 1.29 is 4.79 Å². The average Bonchev–Trinajstić information content (AvgIpc) is 2.69. The van der Waals surface area contributed by atoms with Gasteiger partial charge in [0.1, 0.15) is 5.82 Å². The summed E-state index contributed by atoms with van der Waals surface area (Å²) in [6.45, 7) is 4.03. The van der Waals surface area contributed by atoms with Crippen LogP contribution in [0.5, 0.6) is 0 Å². The van der Waals surface area contributed by atoms with Crippen molar-refractivity contribution in [1.29, 1.82) is 0 Å². The Labute approximate surface area is 109 Å². The van der Waals surface area contributed by atoms with E-state index in [0.29, 0.717) is 10.7 Å². The van der Waals surface area contributed by atoms with E-state index >= 15 is 0 Å². The Morgan fingerprint density at radius 1 is 1.56 bits per heavy atom. The van der Waals surface area contributed by atoms with E-state index in [9.17, 15) is 4.79 Å². The van der Waals surface area contributed by atoms with E-state index in [2.05, 4.69) is 15.3 Å². The zero-order valence-corrected chi connectivity index (χ0v) is 11.0. The van der Waals surface area contributed by atoms with Crippen LogP contribution in [0.15, 0.2) is 18.3 Å². The van der Waals surface area contributed by atoms with Gasteiger partial charge in [-0.3, -0.25) is 10.1 Å². The van der Waals surface area contributed by atoms with Gasteiger partial charge < -0.3 is 5.73 Å². The minimum Gasteiger partial charge on any atom is -0.383 e. The Balaban J connectivity index is 2.19. The monoisotopic (exact) mass is 262 g/mol. The molecule has 0 aromatic carbocycles. The van der Waals surface area contributed by atoms with Crippen LogP contribution >= 0.6 is 11.3 Å². The SMILES string of the molecule is CCc1nc(NC(=O)c2cccnc2N)sc1C. The summed E-state index contributed by atoms with van der Waals surface area (Å²) in [5.74, 6) is -0.0593. The van der Waals surface area contributed by atoms with E-state index in [1.165, 1.54) is 11.3 Å². The standard InChI is InChI=1S/C12H14N4OS/c1-3-9-7(2)18-12(15-9)16-11(17)8-5-4-6-14-10(8)13/h4-6H,3H2,1-2H3,(H2,13,14)(H,15,16,17). The van der Waals surface area contributed by atoms with Crippen LogP contribution in [0, 0.1) is 6.92 Å². The van der Waals surface area contributed by atoms with Crippen LogP contribution in [0.4, 0.5) is 10.9 Å². The Bertz CT molecular complexity index is 579. The minimum absolute atomic E-state index is 0.221.